The monoisotopic (exact) mass is 160 g/mol. The Morgan fingerprint density at radius 1 is 1.33 bits per heavy atom. The highest BCUT2D eigenvalue weighted by atomic mass is 14.5. The van der Waals surface area contributed by atoms with Gasteiger partial charge in [-0.2, -0.15) is 0 Å². The quantitative estimate of drug-likeness (QED) is 0.552. The van der Waals surface area contributed by atoms with Gasteiger partial charge in [0.1, 0.15) is 0 Å². The van der Waals surface area contributed by atoms with Crippen LogP contribution in [0.3, 0.4) is 0 Å². The smallest absolute Gasteiger partial charge is 0.0103 e. The van der Waals surface area contributed by atoms with E-state index in [4.69, 9.17) is 0 Å². The van der Waals surface area contributed by atoms with Gasteiger partial charge in [0.15, 0.2) is 0 Å². The van der Waals surface area contributed by atoms with Crippen LogP contribution in [-0.2, 0) is 0 Å². The molecular weight excluding hydrogens is 144 g/mol. The summed E-state index contributed by atoms with van der Waals surface area (Å²) in [5, 5.41) is 0. The summed E-state index contributed by atoms with van der Waals surface area (Å²) in [6, 6.07) is 0. The lowest BCUT2D eigenvalue weighted by molar-refractivity contribution is 0.279. The third-order valence-electron chi connectivity index (χ3n) is 4.33. The number of rotatable bonds is 1. The minimum Gasteiger partial charge on any atom is -0.0988 e. The summed E-state index contributed by atoms with van der Waals surface area (Å²) >= 11 is 0. The van der Waals surface area contributed by atoms with E-state index in [1.165, 1.54) is 25.7 Å². The molecule has 0 heterocycles. The molecule has 0 saturated heterocycles. The highest BCUT2D eigenvalue weighted by Crippen LogP contribution is 2.58. The molecule has 0 aliphatic heterocycles. The first-order chi connectivity index (χ1) is 5.90. The predicted octanol–water partition coefficient (Wildman–Crippen LogP) is 3.16. The summed E-state index contributed by atoms with van der Waals surface area (Å²) in [4.78, 5) is 0. The van der Waals surface area contributed by atoms with E-state index in [1.807, 2.05) is 0 Å². The van der Waals surface area contributed by atoms with Gasteiger partial charge in [-0.1, -0.05) is 18.7 Å². The average Bonchev–Trinajstić information content (AvgIpc) is 2.76. The zero-order valence-corrected chi connectivity index (χ0v) is 7.50. The van der Waals surface area contributed by atoms with Crippen molar-refractivity contribution in [3.63, 3.8) is 0 Å². The Kier molecular flexibility index (Phi) is 1.30. The standard InChI is InChI=1S/C12H16/c1-2-8-5-6-11-9-3-4-10(7-9)12(8)11/h2,5,9-12H,1,3-4,6-7H2/t9-,10-,11+,12-/m0/s1. The molecule has 0 aromatic rings. The maximum atomic E-state index is 3.92. The van der Waals surface area contributed by atoms with E-state index >= 15 is 0 Å². The van der Waals surface area contributed by atoms with Crippen molar-refractivity contribution in [2.45, 2.75) is 25.7 Å². The van der Waals surface area contributed by atoms with Crippen LogP contribution in [0.25, 0.3) is 0 Å². The normalized spacial score (nSPS) is 49.2. The van der Waals surface area contributed by atoms with Gasteiger partial charge in [0.25, 0.3) is 0 Å². The van der Waals surface area contributed by atoms with Crippen LogP contribution in [-0.4, -0.2) is 0 Å². The minimum atomic E-state index is 0.932. The van der Waals surface area contributed by atoms with Crippen LogP contribution in [0.1, 0.15) is 25.7 Å². The van der Waals surface area contributed by atoms with Crippen molar-refractivity contribution >= 4 is 0 Å². The van der Waals surface area contributed by atoms with E-state index in [-0.39, 0.29) is 0 Å². The molecule has 0 aromatic carbocycles. The van der Waals surface area contributed by atoms with Crippen molar-refractivity contribution in [3.05, 3.63) is 24.3 Å². The van der Waals surface area contributed by atoms with Gasteiger partial charge < -0.3 is 0 Å². The molecule has 2 bridgehead atoms. The fourth-order valence-electron chi connectivity index (χ4n) is 3.90. The number of fused-ring (bicyclic) bond motifs is 5. The third kappa shape index (κ3) is 0.688. The van der Waals surface area contributed by atoms with Crippen LogP contribution >= 0.6 is 0 Å². The number of hydrogen-bond acceptors (Lipinski definition) is 0. The molecule has 12 heavy (non-hydrogen) atoms. The topological polar surface area (TPSA) is 0 Å². The van der Waals surface area contributed by atoms with Crippen LogP contribution < -0.4 is 0 Å². The molecule has 0 N–H and O–H groups in total. The summed E-state index contributed by atoms with van der Waals surface area (Å²) in [5.41, 5.74) is 1.58. The van der Waals surface area contributed by atoms with Gasteiger partial charge in [-0.25, -0.2) is 0 Å². The summed E-state index contributed by atoms with van der Waals surface area (Å²) in [7, 11) is 0. The van der Waals surface area contributed by atoms with E-state index in [0.717, 1.165) is 23.7 Å². The molecule has 2 fully saturated rings. The Bertz CT molecular complexity index is 249. The molecule has 0 radical (unpaired) electrons. The van der Waals surface area contributed by atoms with Crippen LogP contribution in [0.15, 0.2) is 24.3 Å². The molecular formula is C12H16. The van der Waals surface area contributed by atoms with Crippen molar-refractivity contribution in [3.8, 4) is 0 Å². The Hall–Kier alpha value is -0.520. The van der Waals surface area contributed by atoms with Gasteiger partial charge >= 0.3 is 0 Å². The summed E-state index contributed by atoms with van der Waals surface area (Å²) in [6.07, 6.45) is 10.4. The van der Waals surface area contributed by atoms with Gasteiger partial charge in [0.2, 0.25) is 0 Å². The van der Waals surface area contributed by atoms with E-state index in [9.17, 15) is 0 Å². The lowest BCUT2D eigenvalue weighted by Gasteiger charge is -2.26. The van der Waals surface area contributed by atoms with Crippen molar-refractivity contribution in [2.24, 2.45) is 23.7 Å². The number of hydrogen-bond donors (Lipinski definition) is 0. The Labute approximate surface area is 74.4 Å². The highest BCUT2D eigenvalue weighted by molar-refractivity contribution is 5.29. The Balaban J connectivity index is 1.94. The molecule has 3 aliphatic carbocycles. The first-order valence-electron chi connectivity index (χ1n) is 5.22. The fraction of sp³-hybridized carbons (Fsp3) is 0.667. The zero-order chi connectivity index (χ0) is 8.13. The van der Waals surface area contributed by atoms with Crippen LogP contribution in [0.2, 0.25) is 0 Å². The predicted molar refractivity (Wildman–Crippen MR) is 50.7 cm³/mol. The van der Waals surface area contributed by atoms with E-state index in [2.05, 4.69) is 18.7 Å². The third-order valence-corrected chi connectivity index (χ3v) is 4.33. The van der Waals surface area contributed by atoms with Gasteiger partial charge in [-0.3, -0.25) is 0 Å². The largest absolute Gasteiger partial charge is 0.0988 e. The van der Waals surface area contributed by atoms with Gasteiger partial charge in [-0.15, -0.1) is 0 Å². The van der Waals surface area contributed by atoms with E-state index < -0.39 is 0 Å². The molecule has 0 nitrogen and oxygen atoms in total. The van der Waals surface area contributed by atoms with Crippen molar-refractivity contribution in [1.29, 1.82) is 0 Å². The van der Waals surface area contributed by atoms with Gasteiger partial charge in [-0.05, 0) is 54.9 Å². The molecule has 3 aliphatic rings. The lowest BCUT2D eigenvalue weighted by atomic mass is 9.79. The maximum Gasteiger partial charge on any atom is -0.0103 e. The maximum absolute atomic E-state index is 3.92. The van der Waals surface area contributed by atoms with Crippen LogP contribution in [0.4, 0.5) is 0 Å². The molecule has 2 saturated carbocycles. The number of allylic oxidation sites excluding steroid dienone is 3. The minimum absolute atomic E-state index is 0.932. The van der Waals surface area contributed by atoms with Crippen molar-refractivity contribution in [1.82, 2.24) is 0 Å². The van der Waals surface area contributed by atoms with Gasteiger partial charge in [0.05, 0.1) is 0 Å². The highest BCUT2D eigenvalue weighted by Gasteiger charge is 2.49. The molecule has 3 rings (SSSR count). The molecule has 0 amide bonds. The van der Waals surface area contributed by atoms with Gasteiger partial charge in [0, 0.05) is 0 Å². The molecule has 0 heteroatoms. The summed E-state index contributed by atoms with van der Waals surface area (Å²) < 4.78 is 0. The second-order valence-electron chi connectivity index (χ2n) is 4.67. The fourth-order valence-corrected chi connectivity index (χ4v) is 3.90. The summed E-state index contributed by atoms with van der Waals surface area (Å²) in [5.74, 6) is 4.07. The lowest BCUT2D eigenvalue weighted by Crippen LogP contribution is -2.18. The SMILES string of the molecule is C=CC1=CC[C@@H]2[C@H]3CC[C@@H](C3)[C@H]12. The first-order valence-corrected chi connectivity index (χ1v) is 5.22. The Morgan fingerprint density at radius 2 is 2.17 bits per heavy atom. The molecule has 0 unspecified atom stereocenters. The molecule has 0 spiro atoms. The molecule has 4 atom stereocenters. The average molecular weight is 160 g/mol. The zero-order valence-electron chi connectivity index (χ0n) is 7.50. The van der Waals surface area contributed by atoms with Crippen LogP contribution in [0, 0.1) is 23.7 Å². The van der Waals surface area contributed by atoms with E-state index in [0.29, 0.717) is 0 Å². The second-order valence-corrected chi connectivity index (χ2v) is 4.67. The van der Waals surface area contributed by atoms with Crippen LogP contribution in [0.5, 0.6) is 0 Å². The van der Waals surface area contributed by atoms with Crippen molar-refractivity contribution < 1.29 is 0 Å². The van der Waals surface area contributed by atoms with Crippen molar-refractivity contribution in [2.75, 3.05) is 0 Å². The second kappa shape index (κ2) is 2.25. The Morgan fingerprint density at radius 3 is 3.00 bits per heavy atom. The summed E-state index contributed by atoms with van der Waals surface area (Å²) in [6.45, 7) is 3.92. The molecule has 0 aromatic heterocycles. The van der Waals surface area contributed by atoms with E-state index in [1.54, 1.807) is 5.57 Å². The molecule has 64 valence electrons. The first kappa shape index (κ1) is 6.94.